The van der Waals surface area contributed by atoms with Crippen molar-refractivity contribution in [3.63, 3.8) is 0 Å². The highest BCUT2D eigenvalue weighted by molar-refractivity contribution is 9.10. The lowest BCUT2D eigenvalue weighted by molar-refractivity contribution is 0.602. The molecule has 24 heavy (non-hydrogen) atoms. The second-order valence-electron chi connectivity index (χ2n) is 5.50. The molecule has 0 aliphatic rings. The number of halogens is 3. The topological polar surface area (TPSA) is 47.0 Å². The molecule has 3 nitrogen and oxygen atoms in total. The van der Waals surface area contributed by atoms with Crippen molar-refractivity contribution in [2.75, 3.05) is 6.26 Å². The van der Waals surface area contributed by atoms with E-state index in [1.165, 1.54) is 24.3 Å². The van der Waals surface area contributed by atoms with Gasteiger partial charge in [0.2, 0.25) is 0 Å². The number of aromatic nitrogens is 1. The van der Waals surface area contributed by atoms with Gasteiger partial charge in [0, 0.05) is 21.7 Å². The average Bonchev–Trinajstić information content (AvgIpc) is 2.47. The number of fused-ring (bicyclic) bond motifs is 1. The number of rotatable bonds is 2. The van der Waals surface area contributed by atoms with Crippen LogP contribution < -0.4 is 0 Å². The SMILES string of the molecule is Cc1cc2c(-c3ccc(F)cc3)c(S(C)(=O)=O)c(Cl)nc2cc1Br. The smallest absolute Gasteiger partial charge is 0.179 e. The van der Waals surface area contributed by atoms with Gasteiger partial charge in [0.25, 0.3) is 0 Å². The molecule has 7 heteroatoms. The van der Waals surface area contributed by atoms with Crippen molar-refractivity contribution in [3.8, 4) is 11.1 Å². The van der Waals surface area contributed by atoms with Gasteiger partial charge in [0.05, 0.1) is 5.52 Å². The number of pyridine rings is 1. The first kappa shape index (κ1) is 17.3. The van der Waals surface area contributed by atoms with Crippen LogP contribution in [0, 0.1) is 12.7 Å². The maximum absolute atomic E-state index is 13.3. The van der Waals surface area contributed by atoms with Crippen LogP contribution in [0.5, 0.6) is 0 Å². The maximum atomic E-state index is 13.3. The lowest BCUT2D eigenvalue weighted by Gasteiger charge is -2.15. The molecule has 0 radical (unpaired) electrons. The molecule has 0 unspecified atom stereocenters. The lowest BCUT2D eigenvalue weighted by atomic mass is 10.00. The minimum atomic E-state index is -3.64. The van der Waals surface area contributed by atoms with Crippen LogP contribution in [0.25, 0.3) is 22.0 Å². The minimum absolute atomic E-state index is 0.0509. The average molecular weight is 429 g/mol. The zero-order valence-corrected chi connectivity index (χ0v) is 15.9. The number of nitrogens with zero attached hydrogens (tertiary/aromatic N) is 1. The first-order valence-electron chi connectivity index (χ1n) is 6.94. The van der Waals surface area contributed by atoms with Gasteiger partial charge in [0.15, 0.2) is 9.84 Å². The Balaban J connectivity index is 2.54. The quantitative estimate of drug-likeness (QED) is 0.529. The summed E-state index contributed by atoms with van der Waals surface area (Å²) in [6.07, 6.45) is 1.08. The van der Waals surface area contributed by atoms with E-state index in [0.717, 1.165) is 16.3 Å². The molecule has 3 aromatic rings. The van der Waals surface area contributed by atoms with E-state index >= 15 is 0 Å². The molecule has 0 fully saturated rings. The summed E-state index contributed by atoms with van der Waals surface area (Å²) in [6, 6.07) is 9.27. The molecule has 0 spiro atoms. The Morgan fingerprint density at radius 2 is 1.79 bits per heavy atom. The van der Waals surface area contributed by atoms with E-state index in [9.17, 15) is 12.8 Å². The summed E-state index contributed by atoms with van der Waals surface area (Å²) in [5, 5.41) is 0.548. The van der Waals surface area contributed by atoms with Crippen LogP contribution in [0.15, 0.2) is 45.8 Å². The predicted octanol–water partition coefficient (Wildman–Crippen LogP) is 5.17. The molecule has 1 heterocycles. The summed E-state index contributed by atoms with van der Waals surface area (Å²) in [6.45, 7) is 1.90. The van der Waals surface area contributed by atoms with Crippen molar-refractivity contribution in [1.82, 2.24) is 4.98 Å². The van der Waals surface area contributed by atoms with Gasteiger partial charge in [-0.2, -0.15) is 0 Å². The molecule has 2 aromatic carbocycles. The maximum Gasteiger partial charge on any atom is 0.179 e. The fourth-order valence-electron chi connectivity index (χ4n) is 2.59. The van der Waals surface area contributed by atoms with Gasteiger partial charge in [-0.1, -0.05) is 39.7 Å². The summed E-state index contributed by atoms with van der Waals surface area (Å²) >= 11 is 9.62. The highest BCUT2D eigenvalue weighted by atomic mass is 79.9. The molecule has 0 aliphatic carbocycles. The van der Waals surface area contributed by atoms with E-state index in [4.69, 9.17) is 11.6 Å². The van der Waals surface area contributed by atoms with Gasteiger partial charge in [-0.15, -0.1) is 0 Å². The highest BCUT2D eigenvalue weighted by Crippen LogP contribution is 2.39. The zero-order chi connectivity index (χ0) is 17.6. The Labute approximate surface area is 152 Å². The first-order chi connectivity index (χ1) is 11.2. The standard InChI is InChI=1S/C17H12BrClFNO2S/c1-9-7-12-14(8-13(9)18)21-17(19)16(24(2,22)23)15(12)10-3-5-11(20)6-4-10/h3-8H,1-2H3. The van der Waals surface area contributed by atoms with Crippen molar-refractivity contribution in [2.45, 2.75) is 11.8 Å². The first-order valence-corrected chi connectivity index (χ1v) is 10.00. The third-order valence-electron chi connectivity index (χ3n) is 3.68. The Morgan fingerprint density at radius 3 is 2.38 bits per heavy atom. The third-order valence-corrected chi connectivity index (χ3v) is 6.06. The molecular weight excluding hydrogens is 417 g/mol. The summed E-state index contributed by atoms with van der Waals surface area (Å²) in [5.41, 5.74) is 2.48. The van der Waals surface area contributed by atoms with Gasteiger partial charge < -0.3 is 0 Å². The highest BCUT2D eigenvalue weighted by Gasteiger charge is 2.23. The Kier molecular flexibility index (Phi) is 4.40. The second kappa shape index (κ2) is 6.10. The predicted molar refractivity (Wildman–Crippen MR) is 97.7 cm³/mol. The normalized spacial score (nSPS) is 11.9. The van der Waals surface area contributed by atoms with E-state index in [1.807, 2.05) is 13.0 Å². The van der Waals surface area contributed by atoms with Crippen LogP contribution in [0.4, 0.5) is 4.39 Å². The molecule has 0 amide bonds. The summed E-state index contributed by atoms with van der Waals surface area (Å²) in [4.78, 5) is 4.18. The fraction of sp³-hybridized carbons (Fsp3) is 0.118. The molecule has 0 N–H and O–H groups in total. The van der Waals surface area contributed by atoms with Gasteiger partial charge >= 0.3 is 0 Å². The number of sulfone groups is 1. The molecule has 0 saturated heterocycles. The molecule has 124 valence electrons. The number of benzene rings is 2. The number of hydrogen-bond acceptors (Lipinski definition) is 3. The molecule has 0 bridgehead atoms. The van der Waals surface area contributed by atoms with E-state index in [2.05, 4.69) is 20.9 Å². The van der Waals surface area contributed by atoms with Crippen molar-refractivity contribution in [1.29, 1.82) is 0 Å². The van der Waals surface area contributed by atoms with Crippen molar-refractivity contribution in [2.24, 2.45) is 0 Å². The molecule has 3 rings (SSSR count). The van der Waals surface area contributed by atoms with E-state index in [-0.39, 0.29) is 10.0 Å². The summed E-state index contributed by atoms with van der Waals surface area (Å²) < 4.78 is 38.7. The lowest BCUT2D eigenvalue weighted by Crippen LogP contribution is -2.04. The third kappa shape index (κ3) is 3.06. The van der Waals surface area contributed by atoms with Crippen LogP contribution in [0.1, 0.15) is 5.56 Å². The van der Waals surface area contributed by atoms with E-state index in [1.54, 1.807) is 6.07 Å². The van der Waals surface area contributed by atoms with Crippen LogP contribution in [0.2, 0.25) is 5.15 Å². The Morgan fingerprint density at radius 1 is 1.17 bits per heavy atom. The largest absolute Gasteiger partial charge is 0.235 e. The molecule has 1 aromatic heterocycles. The van der Waals surface area contributed by atoms with Crippen LogP contribution >= 0.6 is 27.5 Å². The number of hydrogen-bond donors (Lipinski definition) is 0. The molecule has 0 atom stereocenters. The van der Waals surface area contributed by atoms with Crippen LogP contribution in [-0.2, 0) is 9.84 Å². The molecular formula is C17H12BrClFNO2S. The molecule has 0 aliphatic heterocycles. The van der Waals surface area contributed by atoms with Gasteiger partial charge in [-0.25, -0.2) is 17.8 Å². The van der Waals surface area contributed by atoms with Gasteiger partial charge in [-0.05, 0) is 42.3 Å². The summed E-state index contributed by atoms with van der Waals surface area (Å²) in [7, 11) is -3.64. The van der Waals surface area contributed by atoms with E-state index in [0.29, 0.717) is 22.0 Å². The van der Waals surface area contributed by atoms with Crippen molar-refractivity contribution < 1.29 is 12.8 Å². The monoisotopic (exact) mass is 427 g/mol. The fourth-order valence-corrected chi connectivity index (χ4v) is 4.47. The molecule has 0 saturated carbocycles. The van der Waals surface area contributed by atoms with Gasteiger partial charge in [-0.3, -0.25) is 0 Å². The number of aryl methyl sites for hydroxylation is 1. The van der Waals surface area contributed by atoms with E-state index < -0.39 is 15.7 Å². The van der Waals surface area contributed by atoms with Gasteiger partial charge in [0.1, 0.15) is 15.9 Å². The Hall–Kier alpha value is -1.50. The van der Waals surface area contributed by atoms with Crippen LogP contribution in [-0.4, -0.2) is 19.7 Å². The zero-order valence-electron chi connectivity index (χ0n) is 12.8. The van der Waals surface area contributed by atoms with Crippen molar-refractivity contribution >= 4 is 48.3 Å². The van der Waals surface area contributed by atoms with Crippen molar-refractivity contribution in [3.05, 3.63) is 57.4 Å². The second-order valence-corrected chi connectivity index (χ2v) is 8.67. The Bertz CT molecular complexity index is 1070. The summed E-state index contributed by atoms with van der Waals surface area (Å²) in [5.74, 6) is -0.400. The minimum Gasteiger partial charge on any atom is -0.235 e. The van der Waals surface area contributed by atoms with Crippen LogP contribution in [0.3, 0.4) is 0 Å².